The van der Waals surface area contributed by atoms with Gasteiger partial charge in [0, 0.05) is 15.4 Å². The van der Waals surface area contributed by atoms with Crippen LogP contribution in [-0.4, -0.2) is 16.8 Å². The molecule has 4 rings (SSSR count). The zero-order valence-corrected chi connectivity index (χ0v) is 16.2. The summed E-state index contributed by atoms with van der Waals surface area (Å²) >= 11 is 1.57. The Morgan fingerprint density at radius 2 is 1.59 bits per heavy atom. The van der Waals surface area contributed by atoms with Gasteiger partial charge >= 0.3 is 6.03 Å². The van der Waals surface area contributed by atoms with Gasteiger partial charge in [0.05, 0.1) is 6.54 Å². The second-order valence-corrected chi connectivity index (χ2v) is 7.54. The Morgan fingerprint density at radius 1 is 0.897 bits per heavy atom. The van der Waals surface area contributed by atoms with Gasteiger partial charge < -0.3 is 5.32 Å². The molecule has 0 aromatic heterocycles. The molecule has 0 radical (unpaired) electrons. The van der Waals surface area contributed by atoms with Crippen LogP contribution in [0, 0.1) is 5.82 Å². The summed E-state index contributed by atoms with van der Waals surface area (Å²) in [7, 11) is 0. The predicted octanol–water partition coefficient (Wildman–Crippen LogP) is 5.07. The van der Waals surface area contributed by atoms with E-state index in [0.29, 0.717) is 0 Å². The normalized spacial score (nSPS) is 15.1. The maximum Gasteiger partial charge on any atom is 0.329 e. The SMILES string of the molecule is O=C1N/C(=C\c2ccccc2Sc2ccccc2)C(=O)N1Cc1ccccc1F. The van der Waals surface area contributed by atoms with Crippen LogP contribution in [0.25, 0.3) is 6.08 Å². The number of halogens is 1. The molecule has 0 spiro atoms. The molecule has 0 unspecified atom stereocenters. The van der Waals surface area contributed by atoms with E-state index in [4.69, 9.17) is 0 Å². The van der Waals surface area contributed by atoms with Crippen LogP contribution in [0.5, 0.6) is 0 Å². The summed E-state index contributed by atoms with van der Waals surface area (Å²) in [5.74, 6) is -0.923. The molecule has 3 amide bonds. The number of nitrogens with one attached hydrogen (secondary N) is 1. The molecule has 3 aromatic rings. The third-order valence-corrected chi connectivity index (χ3v) is 5.54. The van der Waals surface area contributed by atoms with E-state index in [0.717, 1.165) is 20.3 Å². The highest BCUT2D eigenvalue weighted by molar-refractivity contribution is 7.99. The summed E-state index contributed by atoms with van der Waals surface area (Å²) in [5.41, 5.74) is 1.28. The molecule has 0 aliphatic carbocycles. The van der Waals surface area contributed by atoms with E-state index in [1.807, 2.05) is 54.6 Å². The fourth-order valence-corrected chi connectivity index (χ4v) is 3.91. The van der Waals surface area contributed by atoms with Gasteiger partial charge in [-0.2, -0.15) is 0 Å². The average molecular weight is 404 g/mol. The van der Waals surface area contributed by atoms with Crippen LogP contribution in [0.1, 0.15) is 11.1 Å². The van der Waals surface area contributed by atoms with Crippen LogP contribution in [0.3, 0.4) is 0 Å². The molecule has 1 heterocycles. The van der Waals surface area contributed by atoms with Gasteiger partial charge in [0.2, 0.25) is 0 Å². The van der Waals surface area contributed by atoms with Gasteiger partial charge in [-0.1, -0.05) is 66.4 Å². The quantitative estimate of drug-likeness (QED) is 0.477. The third kappa shape index (κ3) is 4.22. The van der Waals surface area contributed by atoms with Gasteiger partial charge in [-0.05, 0) is 35.9 Å². The summed E-state index contributed by atoms with van der Waals surface area (Å²) in [5, 5.41) is 2.60. The summed E-state index contributed by atoms with van der Waals surface area (Å²) in [6.07, 6.45) is 1.66. The zero-order valence-electron chi connectivity index (χ0n) is 15.3. The van der Waals surface area contributed by atoms with Gasteiger partial charge in [-0.15, -0.1) is 0 Å². The van der Waals surface area contributed by atoms with E-state index in [-0.39, 0.29) is 17.8 Å². The van der Waals surface area contributed by atoms with Crippen molar-refractivity contribution in [3.05, 3.63) is 102 Å². The number of nitrogens with zero attached hydrogens (tertiary/aromatic N) is 1. The van der Waals surface area contributed by atoms with Crippen LogP contribution in [0.2, 0.25) is 0 Å². The molecule has 0 saturated carbocycles. The molecule has 6 heteroatoms. The molecular weight excluding hydrogens is 387 g/mol. The smallest absolute Gasteiger partial charge is 0.303 e. The molecule has 1 saturated heterocycles. The minimum atomic E-state index is -0.558. The molecule has 0 bridgehead atoms. The number of hydrogen-bond donors (Lipinski definition) is 1. The summed E-state index contributed by atoms with van der Waals surface area (Å²) in [4.78, 5) is 28.1. The first kappa shape index (κ1) is 19.0. The molecule has 0 atom stereocenters. The monoisotopic (exact) mass is 404 g/mol. The van der Waals surface area contributed by atoms with Crippen molar-refractivity contribution in [2.45, 2.75) is 16.3 Å². The van der Waals surface area contributed by atoms with E-state index in [1.54, 1.807) is 36.0 Å². The number of hydrogen-bond acceptors (Lipinski definition) is 3. The second-order valence-electron chi connectivity index (χ2n) is 6.42. The van der Waals surface area contributed by atoms with Gasteiger partial charge in [0.25, 0.3) is 5.91 Å². The Kier molecular flexibility index (Phi) is 5.44. The highest BCUT2D eigenvalue weighted by Crippen LogP contribution is 2.31. The van der Waals surface area contributed by atoms with E-state index < -0.39 is 17.8 Å². The highest BCUT2D eigenvalue weighted by atomic mass is 32.2. The van der Waals surface area contributed by atoms with Crippen molar-refractivity contribution < 1.29 is 14.0 Å². The first-order valence-corrected chi connectivity index (χ1v) is 9.83. The molecule has 29 heavy (non-hydrogen) atoms. The Labute approximate surface area is 172 Å². The molecule has 3 aromatic carbocycles. The van der Waals surface area contributed by atoms with Crippen LogP contribution in [0.15, 0.2) is 94.4 Å². The molecule has 1 aliphatic heterocycles. The second kappa shape index (κ2) is 8.32. The largest absolute Gasteiger partial charge is 0.329 e. The van der Waals surface area contributed by atoms with Crippen molar-refractivity contribution in [1.29, 1.82) is 0 Å². The number of carbonyl (C=O) groups is 2. The van der Waals surface area contributed by atoms with Crippen molar-refractivity contribution in [3.8, 4) is 0 Å². The lowest BCUT2D eigenvalue weighted by molar-refractivity contribution is -0.123. The summed E-state index contributed by atoms with van der Waals surface area (Å²) < 4.78 is 13.9. The van der Waals surface area contributed by atoms with Gasteiger partial charge in [-0.25, -0.2) is 9.18 Å². The third-order valence-electron chi connectivity index (χ3n) is 4.44. The maximum atomic E-state index is 13.9. The van der Waals surface area contributed by atoms with E-state index in [1.165, 1.54) is 6.07 Å². The number of urea groups is 1. The molecule has 1 fully saturated rings. The topological polar surface area (TPSA) is 49.4 Å². The lowest BCUT2D eigenvalue weighted by atomic mass is 10.2. The predicted molar refractivity (Wildman–Crippen MR) is 110 cm³/mol. The number of rotatable bonds is 5. The van der Waals surface area contributed by atoms with Crippen molar-refractivity contribution in [2.75, 3.05) is 0 Å². The molecule has 144 valence electrons. The standard InChI is InChI=1S/C23H17FN2O2S/c24-19-12-6-4-9-17(19)15-26-22(27)20(25-23(26)28)14-16-8-5-7-13-21(16)29-18-10-2-1-3-11-18/h1-14H,15H2,(H,25,28)/b20-14-. The average Bonchev–Trinajstić information content (AvgIpc) is 2.99. The van der Waals surface area contributed by atoms with E-state index >= 15 is 0 Å². The van der Waals surface area contributed by atoms with Gasteiger partial charge in [-0.3, -0.25) is 9.69 Å². The van der Waals surface area contributed by atoms with Crippen LogP contribution in [-0.2, 0) is 11.3 Å². The van der Waals surface area contributed by atoms with Gasteiger partial charge in [0.15, 0.2) is 0 Å². The lowest BCUT2D eigenvalue weighted by Gasteiger charge is -2.12. The zero-order chi connectivity index (χ0) is 20.2. The first-order chi connectivity index (χ1) is 14.1. The Hall–Kier alpha value is -3.38. The molecule has 4 nitrogen and oxygen atoms in total. The van der Waals surface area contributed by atoms with Crippen molar-refractivity contribution in [3.63, 3.8) is 0 Å². The van der Waals surface area contributed by atoms with Crippen LogP contribution in [0.4, 0.5) is 9.18 Å². The van der Waals surface area contributed by atoms with Crippen molar-refractivity contribution >= 4 is 29.8 Å². The van der Waals surface area contributed by atoms with Gasteiger partial charge in [0.1, 0.15) is 11.5 Å². The summed E-state index contributed by atoms with van der Waals surface area (Å²) in [6.45, 7) is -0.116. The highest BCUT2D eigenvalue weighted by Gasteiger charge is 2.34. The summed E-state index contributed by atoms with van der Waals surface area (Å²) in [6, 6.07) is 23.1. The molecule has 1 N–H and O–H groups in total. The Balaban J connectivity index is 1.59. The lowest BCUT2D eigenvalue weighted by Crippen LogP contribution is -2.30. The minimum Gasteiger partial charge on any atom is -0.303 e. The van der Waals surface area contributed by atoms with E-state index in [2.05, 4.69) is 5.32 Å². The number of carbonyl (C=O) groups excluding carboxylic acids is 2. The van der Waals surface area contributed by atoms with E-state index in [9.17, 15) is 14.0 Å². The van der Waals surface area contributed by atoms with Crippen LogP contribution < -0.4 is 5.32 Å². The number of imide groups is 1. The fraction of sp³-hybridized carbons (Fsp3) is 0.0435. The number of benzene rings is 3. The number of amides is 3. The fourth-order valence-electron chi connectivity index (χ4n) is 2.98. The first-order valence-electron chi connectivity index (χ1n) is 9.02. The molecular formula is C23H17FN2O2S. The Morgan fingerprint density at radius 3 is 2.38 bits per heavy atom. The van der Waals surface area contributed by atoms with Crippen molar-refractivity contribution in [2.24, 2.45) is 0 Å². The van der Waals surface area contributed by atoms with Crippen LogP contribution >= 0.6 is 11.8 Å². The minimum absolute atomic E-state index is 0.116. The Bertz CT molecular complexity index is 1100. The van der Waals surface area contributed by atoms with Crippen molar-refractivity contribution in [1.82, 2.24) is 10.2 Å². The molecule has 1 aliphatic rings. The maximum absolute atomic E-state index is 13.9.